The van der Waals surface area contributed by atoms with Crippen LogP contribution in [-0.2, 0) is 11.2 Å². The average molecular weight is 432 g/mol. The molecule has 0 bridgehead atoms. The van der Waals surface area contributed by atoms with Crippen LogP contribution in [0.1, 0.15) is 16.1 Å². The van der Waals surface area contributed by atoms with Crippen molar-refractivity contribution in [1.82, 2.24) is 14.7 Å². The third-order valence-electron chi connectivity index (χ3n) is 4.72. The fraction of sp³-hybridized carbons (Fsp3) is 0.125. The number of halogens is 1. The summed E-state index contributed by atoms with van der Waals surface area (Å²) in [6, 6.07) is 18.3. The van der Waals surface area contributed by atoms with Crippen LogP contribution in [0.15, 0.2) is 79.1 Å². The molecular weight excluding hydrogens is 411 g/mol. The lowest BCUT2D eigenvalue weighted by atomic mass is 10.2. The van der Waals surface area contributed by atoms with E-state index < -0.39 is 11.7 Å². The highest BCUT2D eigenvalue weighted by molar-refractivity contribution is 5.97. The van der Waals surface area contributed by atoms with Gasteiger partial charge in [-0.05, 0) is 36.4 Å². The molecule has 0 aliphatic carbocycles. The molecule has 162 valence electrons. The van der Waals surface area contributed by atoms with Gasteiger partial charge in [0, 0.05) is 25.4 Å². The Labute approximate surface area is 183 Å². The van der Waals surface area contributed by atoms with Crippen molar-refractivity contribution < 1.29 is 18.7 Å². The van der Waals surface area contributed by atoms with Gasteiger partial charge in [-0.1, -0.05) is 30.3 Å². The first-order valence-electron chi connectivity index (χ1n) is 10.1. The molecule has 7 nitrogen and oxygen atoms in total. The fourth-order valence-corrected chi connectivity index (χ4v) is 3.18. The topological polar surface area (TPSA) is 84.7 Å². The fourth-order valence-electron chi connectivity index (χ4n) is 3.18. The zero-order valence-electron chi connectivity index (χ0n) is 17.1. The number of rotatable bonds is 8. The SMILES string of the molecule is O=C(COc1ccccc1C(=O)NCCc1cn2ccccc2n1)Nc1ccccc1F. The number of carbonyl (C=O) groups excluding carboxylic acids is 2. The maximum atomic E-state index is 13.7. The molecule has 4 aromatic rings. The van der Waals surface area contributed by atoms with Crippen LogP contribution in [0, 0.1) is 5.82 Å². The maximum Gasteiger partial charge on any atom is 0.262 e. The van der Waals surface area contributed by atoms with Gasteiger partial charge < -0.3 is 19.8 Å². The Bertz CT molecular complexity index is 1220. The lowest BCUT2D eigenvalue weighted by molar-refractivity contribution is -0.118. The Morgan fingerprint density at radius 1 is 1.00 bits per heavy atom. The summed E-state index contributed by atoms with van der Waals surface area (Å²) in [4.78, 5) is 29.3. The van der Waals surface area contributed by atoms with Crippen molar-refractivity contribution in [2.24, 2.45) is 0 Å². The summed E-state index contributed by atoms with van der Waals surface area (Å²) in [6.07, 6.45) is 4.41. The second kappa shape index (κ2) is 9.74. The van der Waals surface area contributed by atoms with E-state index in [9.17, 15) is 14.0 Å². The van der Waals surface area contributed by atoms with E-state index in [1.807, 2.05) is 35.0 Å². The van der Waals surface area contributed by atoms with Crippen molar-refractivity contribution in [3.8, 4) is 5.75 Å². The first-order chi connectivity index (χ1) is 15.6. The molecule has 0 radical (unpaired) electrons. The first kappa shape index (κ1) is 21.0. The monoisotopic (exact) mass is 432 g/mol. The van der Waals surface area contributed by atoms with Gasteiger partial charge in [-0.15, -0.1) is 0 Å². The van der Waals surface area contributed by atoms with Gasteiger partial charge in [0.15, 0.2) is 6.61 Å². The molecule has 0 unspecified atom stereocenters. The number of anilines is 1. The van der Waals surface area contributed by atoms with Crippen LogP contribution in [-0.4, -0.2) is 34.4 Å². The second-order valence-corrected chi connectivity index (χ2v) is 7.02. The van der Waals surface area contributed by atoms with E-state index in [2.05, 4.69) is 15.6 Å². The molecule has 4 rings (SSSR count). The third kappa shape index (κ3) is 5.10. The van der Waals surface area contributed by atoms with Crippen molar-refractivity contribution in [1.29, 1.82) is 0 Å². The molecule has 0 fully saturated rings. The maximum absolute atomic E-state index is 13.7. The number of imidazole rings is 1. The number of para-hydroxylation sites is 2. The molecule has 2 aromatic carbocycles. The second-order valence-electron chi connectivity index (χ2n) is 7.02. The summed E-state index contributed by atoms with van der Waals surface area (Å²) >= 11 is 0. The van der Waals surface area contributed by atoms with Crippen LogP contribution in [0.5, 0.6) is 5.75 Å². The molecule has 2 N–H and O–H groups in total. The number of pyridine rings is 1. The number of benzene rings is 2. The normalized spacial score (nSPS) is 10.7. The lowest BCUT2D eigenvalue weighted by Crippen LogP contribution is -2.27. The van der Waals surface area contributed by atoms with Crippen molar-refractivity contribution in [3.05, 3.63) is 96.2 Å². The molecule has 0 saturated heterocycles. The van der Waals surface area contributed by atoms with Gasteiger partial charge in [-0.3, -0.25) is 9.59 Å². The molecule has 0 spiro atoms. The predicted molar refractivity (Wildman–Crippen MR) is 118 cm³/mol. The van der Waals surface area contributed by atoms with E-state index in [0.717, 1.165) is 11.3 Å². The summed E-state index contributed by atoms with van der Waals surface area (Å²) in [5, 5.41) is 5.29. The van der Waals surface area contributed by atoms with E-state index in [-0.39, 0.29) is 24.0 Å². The molecule has 0 atom stereocenters. The summed E-state index contributed by atoms with van der Waals surface area (Å²) < 4.78 is 21.1. The van der Waals surface area contributed by atoms with Gasteiger partial charge in [0.2, 0.25) is 0 Å². The van der Waals surface area contributed by atoms with Crippen LogP contribution in [0.3, 0.4) is 0 Å². The Balaban J connectivity index is 1.32. The van der Waals surface area contributed by atoms with Gasteiger partial charge >= 0.3 is 0 Å². The van der Waals surface area contributed by atoms with E-state index in [0.29, 0.717) is 18.5 Å². The number of hydrogen-bond acceptors (Lipinski definition) is 4. The smallest absolute Gasteiger partial charge is 0.262 e. The number of nitrogens with one attached hydrogen (secondary N) is 2. The lowest BCUT2D eigenvalue weighted by Gasteiger charge is -2.12. The van der Waals surface area contributed by atoms with E-state index >= 15 is 0 Å². The highest BCUT2D eigenvalue weighted by Crippen LogP contribution is 2.18. The number of ether oxygens (including phenoxy) is 1. The molecule has 2 aromatic heterocycles. The molecule has 32 heavy (non-hydrogen) atoms. The minimum Gasteiger partial charge on any atom is -0.483 e. The van der Waals surface area contributed by atoms with E-state index in [1.165, 1.54) is 18.2 Å². The van der Waals surface area contributed by atoms with Crippen molar-refractivity contribution in [2.45, 2.75) is 6.42 Å². The highest BCUT2D eigenvalue weighted by Gasteiger charge is 2.14. The molecule has 0 saturated carbocycles. The average Bonchev–Trinajstić information content (AvgIpc) is 3.22. The Morgan fingerprint density at radius 2 is 1.78 bits per heavy atom. The van der Waals surface area contributed by atoms with Gasteiger partial charge in [0.05, 0.1) is 16.9 Å². The number of fused-ring (bicyclic) bond motifs is 1. The molecule has 2 amide bonds. The van der Waals surface area contributed by atoms with Crippen molar-refractivity contribution in [3.63, 3.8) is 0 Å². The van der Waals surface area contributed by atoms with Gasteiger partial charge in [-0.2, -0.15) is 0 Å². The van der Waals surface area contributed by atoms with Crippen LogP contribution in [0.25, 0.3) is 5.65 Å². The summed E-state index contributed by atoms with van der Waals surface area (Å²) in [5.41, 5.74) is 2.09. The Morgan fingerprint density at radius 3 is 2.62 bits per heavy atom. The van der Waals surface area contributed by atoms with Crippen LogP contribution < -0.4 is 15.4 Å². The molecule has 2 heterocycles. The minimum atomic E-state index is -0.536. The quantitative estimate of drug-likeness (QED) is 0.447. The molecule has 0 aliphatic heterocycles. The van der Waals surface area contributed by atoms with Crippen molar-refractivity contribution >= 4 is 23.1 Å². The minimum absolute atomic E-state index is 0.0686. The summed E-state index contributed by atoms with van der Waals surface area (Å²) in [5.74, 6) is -1.12. The van der Waals surface area contributed by atoms with Gasteiger partial charge in [-0.25, -0.2) is 9.37 Å². The predicted octanol–water partition coefficient (Wildman–Crippen LogP) is 3.46. The molecule has 0 aliphatic rings. The van der Waals surface area contributed by atoms with Crippen molar-refractivity contribution in [2.75, 3.05) is 18.5 Å². The van der Waals surface area contributed by atoms with Crippen LogP contribution in [0.4, 0.5) is 10.1 Å². The zero-order valence-corrected chi connectivity index (χ0v) is 17.1. The molecular formula is C24H21FN4O3. The van der Waals surface area contributed by atoms with Crippen LogP contribution >= 0.6 is 0 Å². The van der Waals surface area contributed by atoms with E-state index in [1.54, 1.807) is 30.3 Å². The summed E-state index contributed by atoms with van der Waals surface area (Å²) in [6.45, 7) is 0.0324. The standard InChI is InChI=1S/C24H21FN4O3/c25-19-8-2-3-9-20(19)28-23(30)16-32-21-10-4-1-7-18(21)24(31)26-13-12-17-15-29-14-6-5-11-22(29)27-17/h1-11,14-15H,12-13,16H2,(H,26,31)(H,28,30). The van der Waals surface area contributed by atoms with E-state index in [4.69, 9.17) is 4.74 Å². The number of nitrogens with zero attached hydrogens (tertiary/aromatic N) is 2. The number of hydrogen-bond donors (Lipinski definition) is 2. The third-order valence-corrected chi connectivity index (χ3v) is 4.72. The number of carbonyl (C=O) groups is 2. The Hall–Kier alpha value is -4.20. The highest BCUT2D eigenvalue weighted by atomic mass is 19.1. The summed E-state index contributed by atoms with van der Waals surface area (Å²) in [7, 11) is 0. The van der Waals surface area contributed by atoms with Gasteiger partial charge in [0.25, 0.3) is 11.8 Å². The largest absolute Gasteiger partial charge is 0.483 e. The molecule has 8 heteroatoms. The zero-order chi connectivity index (χ0) is 22.3. The Kier molecular flexibility index (Phi) is 6.41. The number of amides is 2. The first-order valence-corrected chi connectivity index (χ1v) is 10.1. The number of aromatic nitrogens is 2. The van der Waals surface area contributed by atoms with Gasteiger partial charge in [0.1, 0.15) is 17.2 Å². The van der Waals surface area contributed by atoms with Crippen LogP contribution in [0.2, 0.25) is 0 Å².